The van der Waals surface area contributed by atoms with E-state index in [2.05, 4.69) is 10.6 Å². The fraction of sp³-hybridized carbons (Fsp3) is 0.812. The summed E-state index contributed by atoms with van der Waals surface area (Å²) in [5.41, 5.74) is 0. The monoisotopic (exact) mass is 325 g/mol. The van der Waals surface area contributed by atoms with Gasteiger partial charge in [0.1, 0.15) is 0 Å². The highest BCUT2D eigenvalue weighted by Crippen LogP contribution is 2.28. The number of carboxylic acid groups (broad SMARTS) is 1. The van der Waals surface area contributed by atoms with Gasteiger partial charge in [-0.1, -0.05) is 0 Å². The molecule has 1 saturated carbocycles. The molecule has 7 heteroatoms. The van der Waals surface area contributed by atoms with E-state index in [9.17, 15) is 14.4 Å². The molecule has 0 radical (unpaired) electrons. The number of hydrogen-bond donors (Lipinski definition) is 3. The second-order valence-corrected chi connectivity index (χ2v) is 6.49. The van der Waals surface area contributed by atoms with Gasteiger partial charge < -0.3 is 20.6 Å². The molecule has 1 heterocycles. The Balaban J connectivity index is 1.65. The Morgan fingerprint density at radius 3 is 2.52 bits per heavy atom. The van der Waals surface area contributed by atoms with Crippen molar-refractivity contribution < 1.29 is 19.5 Å². The number of piperidine rings is 1. The molecule has 2 fully saturated rings. The molecule has 3 N–H and O–H groups in total. The Bertz CT molecular complexity index is 435. The lowest BCUT2D eigenvalue weighted by Gasteiger charge is -2.29. The van der Waals surface area contributed by atoms with Crippen molar-refractivity contribution in [3.63, 3.8) is 0 Å². The number of carbonyl (C=O) groups is 3. The SMILES string of the molecule is O=C(O)CCCNC(=O)N[C@H]1CC[C@@H](C(=O)N2CCCCC2)C1. The number of amides is 3. The van der Waals surface area contributed by atoms with Gasteiger partial charge in [-0.3, -0.25) is 9.59 Å². The van der Waals surface area contributed by atoms with Gasteiger partial charge in [-0.25, -0.2) is 4.79 Å². The van der Waals surface area contributed by atoms with Crippen molar-refractivity contribution in [2.45, 2.75) is 57.4 Å². The van der Waals surface area contributed by atoms with Gasteiger partial charge >= 0.3 is 12.0 Å². The summed E-state index contributed by atoms with van der Waals surface area (Å²) in [4.78, 5) is 36.6. The Kier molecular flexibility index (Phi) is 6.67. The molecule has 1 saturated heterocycles. The van der Waals surface area contributed by atoms with Crippen LogP contribution in [0.3, 0.4) is 0 Å². The maximum atomic E-state index is 12.4. The van der Waals surface area contributed by atoms with Crippen molar-refractivity contribution in [2.75, 3.05) is 19.6 Å². The molecule has 1 aliphatic carbocycles. The molecule has 7 nitrogen and oxygen atoms in total. The summed E-state index contributed by atoms with van der Waals surface area (Å²) in [5.74, 6) is -0.580. The minimum atomic E-state index is -0.859. The average molecular weight is 325 g/mol. The molecule has 0 spiro atoms. The van der Waals surface area contributed by atoms with E-state index in [0.29, 0.717) is 19.4 Å². The fourth-order valence-corrected chi connectivity index (χ4v) is 3.39. The van der Waals surface area contributed by atoms with Gasteiger partial charge in [0.25, 0.3) is 0 Å². The maximum absolute atomic E-state index is 12.4. The topological polar surface area (TPSA) is 98.7 Å². The summed E-state index contributed by atoms with van der Waals surface area (Å²) in [6.45, 7) is 2.09. The summed E-state index contributed by atoms with van der Waals surface area (Å²) in [6, 6.07) is -0.236. The molecule has 3 amide bonds. The van der Waals surface area contributed by atoms with Crippen LogP contribution < -0.4 is 10.6 Å². The molecule has 2 atom stereocenters. The van der Waals surface area contributed by atoms with Crippen LogP contribution >= 0.6 is 0 Å². The van der Waals surface area contributed by atoms with E-state index in [1.165, 1.54) is 6.42 Å². The van der Waals surface area contributed by atoms with Crippen molar-refractivity contribution in [1.29, 1.82) is 0 Å². The van der Waals surface area contributed by atoms with Gasteiger partial charge in [0.2, 0.25) is 5.91 Å². The van der Waals surface area contributed by atoms with Crippen LogP contribution in [0.5, 0.6) is 0 Å². The van der Waals surface area contributed by atoms with Gasteiger partial charge in [0.05, 0.1) is 0 Å². The zero-order chi connectivity index (χ0) is 16.7. The number of rotatable bonds is 6. The van der Waals surface area contributed by atoms with Gasteiger partial charge in [0.15, 0.2) is 0 Å². The molecule has 0 unspecified atom stereocenters. The molecule has 0 aromatic carbocycles. The van der Waals surface area contributed by atoms with Gasteiger partial charge in [-0.15, -0.1) is 0 Å². The Hall–Kier alpha value is -1.79. The predicted molar refractivity (Wildman–Crippen MR) is 85.0 cm³/mol. The second-order valence-electron chi connectivity index (χ2n) is 6.49. The molecule has 130 valence electrons. The number of nitrogens with one attached hydrogen (secondary N) is 2. The van der Waals surface area contributed by atoms with Gasteiger partial charge in [-0.2, -0.15) is 0 Å². The third-order valence-electron chi connectivity index (χ3n) is 4.64. The van der Waals surface area contributed by atoms with Crippen molar-refractivity contribution in [1.82, 2.24) is 15.5 Å². The molecule has 1 aliphatic heterocycles. The average Bonchev–Trinajstić information content (AvgIpc) is 3.00. The van der Waals surface area contributed by atoms with Crippen LogP contribution in [0.1, 0.15) is 51.4 Å². The number of nitrogens with zero attached hydrogens (tertiary/aromatic N) is 1. The zero-order valence-corrected chi connectivity index (χ0v) is 13.6. The number of carbonyl (C=O) groups excluding carboxylic acids is 2. The van der Waals surface area contributed by atoms with Crippen molar-refractivity contribution in [3.05, 3.63) is 0 Å². The van der Waals surface area contributed by atoms with Crippen molar-refractivity contribution in [2.24, 2.45) is 5.92 Å². The van der Waals surface area contributed by atoms with Crippen LogP contribution in [0, 0.1) is 5.92 Å². The lowest BCUT2D eigenvalue weighted by Crippen LogP contribution is -2.42. The lowest BCUT2D eigenvalue weighted by molar-refractivity contribution is -0.137. The predicted octanol–water partition coefficient (Wildman–Crippen LogP) is 1.33. The summed E-state index contributed by atoms with van der Waals surface area (Å²) in [5, 5.41) is 14.1. The number of urea groups is 1. The minimum Gasteiger partial charge on any atom is -0.481 e. The largest absolute Gasteiger partial charge is 0.481 e. The lowest BCUT2D eigenvalue weighted by atomic mass is 10.0. The van der Waals surface area contributed by atoms with Crippen LogP contribution in [0.4, 0.5) is 4.79 Å². The third kappa shape index (κ3) is 5.73. The van der Waals surface area contributed by atoms with E-state index >= 15 is 0 Å². The Morgan fingerprint density at radius 1 is 1.09 bits per heavy atom. The molecular formula is C16H27N3O4. The molecule has 0 aromatic rings. The Labute approximate surface area is 136 Å². The molecular weight excluding hydrogens is 298 g/mol. The first-order valence-electron chi connectivity index (χ1n) is 8.61. The number of aliphatic carboxylic acids is 1. The Morgan fingerprint density at radius 2 is 1.83 bits per heavy atom. The first-order chi connectivity index (χ1) is 11.1. The highest BCUT2D eigenvalue weighted by atomic mass is 16.4. The summed E-state index contributed by atoms with van der Waals surface area (Å²) < 4.78 is 0. The first-order valence-corrected chi connectivity index (χ1v) is 8.61. The molecule has 0 bridgehead atoms. The maximum Gasteiger partial charge on any atom is 0.315 e. The minimum absolute atomic E-state index is 0.0328. The van der Waals surface area contributed by atoms with E-state index in [0.717, 1.165) is 38.8 Å². The van der Waals surface area contributed by atoms with E-state index < -0.39 is 5.97 Å². The summed E-state index contributed by atoms with van der Waals surface area (Å²) in [6.07, 6.45) is 6.24. The molecule has 0 aromatic heterocycles. The third-order valence-corrected chi connectivity index (χ3v) is 4.64. The van der Waals surface area contributed by atoms with Crippen LogP contribution in [0.2, 0.25) is 0 Å². The van der Waals surface area contributed by atoms with Gasteiger partial charge in [0, 0.05) is 38.0 Å². The number of carboxylic acids is 1. The van der Waals surface area contributed by atoms with Crippen LogP contribution in [0.25, 0.3) is 0 Å². The quantitative estimate of drug-likeness (QED) is 0.642. The summed E-state index contributed by atoms with van der Waals surface area (Å²) >= 11 is 0. The van der Waals surface area contributed by atoms with Gasteiger partial charge in [-0.05, 0) is 44.9 Å². The smallest absolute Gasteiger partial charge is 0.315 e. The van der Waals surface area contributed by atoms with E-state index in [4.69, 9.17) is 5.11 Å². The van der Waals surface area contributed by atoms with Crippen molar-refractivity contribution in [3.8, 4) is 0 Å². The highest BCUT2D eigenvalue weighted by Gasteiger charge is 2.33. The normalized spacial score (nSPS) is 24.3. The standard InChI is InChI=1S/C16H27N3O4/c20-14(21)5-4-8-17-16(23)18-13-7-6-12(11-13)15(22)19-9-2-1-3-10-19/h12-13H,1-11H2,(H,20,21)(H2,17,18,23)/t12-,13+/m1/s1. The van der Waals surface area contributed by atoms with E-state index in [1.807, 2.05) is 4.90 Å². The van der Waals surface area contributed by atoms with Crippen LogP contribution in [-0.2, 0) is 9.59 Å². The highest BCUT2D eigenvalue weighted by molar-refractivity contribution is 5.80. The molecule has 2 aliphatic rings. The van der Waals surface area contributed by atoms with E-state index in [-0.39, 0.29) is 30.3 Å². The second kappa shape index (κ2) is 8.74. The van der Waals surface area contributed by atoms with Crippen LogP contribution in [0.15, 0.2) is 0 Å². The first kappa shape index (κ1) is 17.6. The number of hydrogen-bond acceptors (Lipinski definition) is 3. The molecule has 2 rings (SSSR count). The number of likely N-dealkylation sites (tertiary alicyclic amines) is 1. The van der Waals surface area contributed by atoms with Crippen LogP contribution in [-0.4, -0.2) is 53.6 Å². The fourth-order valence-electron chi connectivity index (χ4n) is 3.39. The zero-order valence-electron chi connectivity index (χ0n) is 13.6. The molecule has 23 heavy (non-hydrogen) atoms. The summed E-state index contributed by atoms with van der Waals surface area (Å²) in [7, 11) is 0. The van der Waals surface area contributed by atoms with E-state index in [1.54, 1.807) is 0 Å². The van der Waals surface area contributed by atoms with Crippen molar-refractivity contribution >= 4 is 17.9 Å².